The molecule has 2 unspecified atom stereocenters. The van der Waals surface area contributed by atoms with Crippen molar-refractivity contribution in [3.8, 4) is 0 Å². The summed E-state index contributed by atoms with van der Waals surface area (Å²) in [6.07, 6.45) is 4.27. The Labute approximate surface area is 68.8 Å². The molecule has 0 aromatic heterocycles. The van der Waals surface area contributed by atoms with Gasteiger partial charge in [0.15, 0.2) is 0 Å². The quantitative estimate of drug-likeness (QED) is 0.595. The van der Waals surface area contributed by atoms with E-state index >= 15 is 0 Å². The molecule has 1 heteroatoms. The van der Waals surface area contributed by atoms with Crippen molar-refractivity contribution in [1.82, 2.24) is 0 Å². The van der Waals surface area contributed by atoms with Gasteiger partial charge in [-0.25, -0.2) is 0 Å². The molecule has 2 atom stereocenters. The van der Waals surface area contributed by atoms with Crippen LogP contribution in [-0.4, -0.2) is 11.5 Å². The lowest BCUT2D eigenvalue weighted by atomic mass is 9.87. The summed E-state index contributed by atoms with van der Waals surface area (Å²) in [6.45, 7) is 4.67. The van der Waals surface area contributed by atoms with E-state index in [1.54, 1.807) is 0 Å². The minimum Gasteiger partial charge on any atom is -0.162 e. The summed E-state index contributed by atoms with van der Waals surface area (Å²) in [7, 11) is 0. The molecule has 0 radical (unpaired) electrons. The molecule has 0 bridgehead atoms. The van der Waals surface area contributed by atoms with Gasteiger partial charge < -0.3 is 0 Å². The van der Waals surface area contributed by atoms with E-state index in [-0.39, 0.29) is 0 Å². The molecular weight excluding hydrogens is 140 g/mol. The predicted molar refractivity (Wildman–Crippen MR) is 49.5 cm³/mol. The summed E-state index contributed by atoms with van der Waals surface area (Å²) in [5, 5.41) is 0. The lowest BCUT2D eigenvalue weighted by molar-refractivity contribution is 0.327. The highest BCUT2D eigenvalue weighted by Gasteiger charge is 2.21. The topological polar surface area (TPSA) is 0 Å². The SMILES string of the molecule is CCC1CCSCC1CC. The predicted octanol–water partition coefficient (Wildman–Crippen LogP) is 3.18. The van der Waals surface area contributed by atoms with Crippen LogP contribution in [-0.2, 0) is 0 Å². The van der Waals surface area contributed by atoms with Gasteiger partial charge in [0.25, 0.3) is 0 Å². The first-order valence-electron chi connectivity index (χ1n) is 4.46. The monoisotopic (exact) mass is 158 g/mol. The molecule has 1 rings (SSSR count). The van der Waals surface area contributed by atoms with E-state index in [1.807, 2.05) is 0 Å². The van der Waals surface area contributed by atoms with Gasteiger partial charge in [0, 0.05) is 0 Å². The van der Waals surface area contributed by atoms with Gasteiger partial charge in [-0.15, -0.1) is 0 Å². The first-order chi connectivity index (χ1) is 4.88. The third-order valence-corrected chi connectivity index (χ3v) is 3.87. The fourth-order valence-electron chi connectivity index (χ4n) is 1.83. The van der Waals surface area contributed by atoms with Crippen molar-refractivity contribution in [2.24, 2.45) is 11.8 Å². The number of hydrogen-bond donors (Lipinski definition) is 0. The van der Waals surface area contributed by atoms with Gasteiger partial charge in [0.2, 0.25) is 0 Å². The maximum absolute atomic E-state index is 2.34. The zero-order valence-electron chi connectivity index (χ0n) is 7.10. The van der Waals surface area contributed by atoms with Crippen LogP contribution in [0, 0.1) is 11.8 Å². The molecule has 0 spiro atoms. The van der Waals surface area contributed by atoms with Gasteiger partial charge in [0.05, 0.1) is 0 Å². The highest BCUT2D eigenvalue weighted by atomic mass is 32.2. The van der Waals surface area contributed by atoms with E-state index in [4.69, 9.17) is 0 Å². The molecular formula is C9H18S. The van der Waals surface area contributed by atoms with Crippen molar-refractivity contribution in [2.45, 2.75) is 33.1 Å². The van der Waals surface area contributed by atoms with Gasteiger partial charge in [-0.2, -0.15) is 11.8 Å². The van der Waals surface area contributed by atoms with Crippen molar-refractivity contribution in [3.05, 3.63) is 0 Å². The van der Waals surface area contributed by atoms with Gasteiger partial charge in [-0.1, -0.05) is 26.7 Å². The fourth-order valence-corrected chi connectivity index (χ4v) is 3.28. The van der Waals surface area contributed by atoms with Crippen molar-refractivity contribution < 1.29 is 0 Å². The van der Waals surface area contributed by atoms with E-state index in [0.717, 1.165) is 11.8 Å². The number of hydrogen-bond acceptors (Lipinski definition) is 1. The molecule has 1 saturated heterocycles. The lowest BCUT2D eigenvalue weighted by Gasteiger charge is -2.29. The molecule has 0 nitrogen and oxygen atoms in total. The Hall–Kier alpha value is 0.350. The lowest BCUT2D eigenvalue weighted by Crippen LogP contribution is -2.21. The number of thioether (sulfide) groups is 1. The van der Waals surface area contributed by atoms with Crippen LogP contribution in [0.15, 0.2) is 0 Å². The maximum Gasteiger partial charge on any atom is -0.00366 e. The summed E-state index contributed by atoms with van der Waals surface area (Å²) >= 11 is 2.15. The van der Waals surface area contributed by atoms with Crippen LogP contribution >= 0.6 is 11.8 Å². The minimum atomic E-state index is 1.03. The van der Waals surface area contributed by atoms with Crippen LogP contribution in [0.25, 0.3) is 0 Å². The third kappa shape index (κ3) is 1.91. The van der Waals surface area contributed by atoms with E-state index in [0.29, 0.717) is 0 Å². The molecule has 60 valence electrons. The normalized spacial score (nSPS) is 34.2. The Morgan fingerprint density at radius 2 is 1.90 bits per heavy atom. The summed E-state index contributed by atoms with van der Waals surface area (Å²) in [4.78, 5) is 0. The van der Waals surface area contributed by atoms with E-state index in [1.165, 1.54) is 30.8 Å². The third-order valence-electron chi connectivity index (χ3n) is 2.68. The van der Waals surface area contributed by atoms with Gasteiger partial charge in [0.1, 0.15) is 0 Å². The second-order valence-electron chi connectivity index (χ2n) is 3.20. The molecule has 0 amide bonds. The summed E-state index contributed by atoms with van der Waals surface area (Å²) < 4.78 is 0. The highest BCUT2D eigenvalue weighted by Crippen LogP contribution is 2.32. The highest BCUT2D eigenvalue weighted by molar-refractivity contribution is 7.99. The smallest absolute Gasteiger partial charge is 0.00366 e. The van der Waals surface area contributed by atoms with Crippen LogP contribution in [0.1, 0.15) is 33.1 Å². The second kappa shape index (κ2) is 4.27. The zero-order valence-corrected chi connectivity index (χ0v) is 7.91. The summed E-state index contributed by atoms with van der Waals surface area (Å²) in [5.41, 5.74) is 0. The molecule has 1 heterocycles. The van der Waals surface area contributed by atoms with Gasteiger partial charge >= 0.3 is 0 Å². The van der Waals surface area contributed by atoms with Crippen molar-refractivity contribution >= 4 is 11.8 Å². The fraction of sp³-hybridized carbons (Fsp3) is 1.00. The van der Waals surface area contributed by atoms with Crippen LogP contribution in [0.2, 0.25) is 0 Å². The molecule has 0 N–H and O–H groups in total. The molecule has 0 aliphatic carbocycles. The second-order valence-corrected chi connectivity index (χ2v) is 4.35. The Morgan fingerprint density at radius 3 is 2.40 bits per heavy atom. The van der Waals surface area contributed by atoms with Crippen LogP contribution in [0.5, 0.6) is 0 Å². The average Bonchev–Trinajstić information content (AvgIpc) is 2.04. The summed E-state index contributed by atoms with van der Waals surface area (Å²) in [6, 6.07) is 0. The molecule has 1 aliphatic rings. The Bertz CT molecular complexity index is 78.7. The molecule has 0 saturated carbocycles. The van der Waals surface area contributed by atoms with Crippen LogP contribution in [0.4, 0.5) is 0 Å². The van der Waals surface area contributed by atoms with Gasteiger partial charge in [-0.05, 0) is 29.8 Å². The first kappa shape index (κ1) is 8.45. The number of rotatable bonds is 2. The maximum atomic E-state index is 2.34. The minimum absolute atomic E-state index is 1.03. The Kier molecular flexibility index (Phi) is 3.61. The summed E-state index contributed by atoms with van der Waals surface area (Å²) in [5.74, 6) is 4.92. The van der Waals surface area contributed by atoms with Crippen LogP contribution < -0.4 is 0 Å². The molecule has 1 fully saturated rings. The van der Waals surface area contributed by atoms with Crippen LogP contribution in [0.3, 0.4) is 0 Å². The Balaban J connectivity index is 2.34. The van der Waals surface area contributed by atoms with E-state index < -0.39 is 0 Å². The average molecular weight is 158 g/mol. The standard InChI is InChI=1S/C9H18S/c1-3-8-5-6-10-7-9(8)4-2/h8-9H,3-7H2,1-2H3. The Morgan fingerprint density at radius 1 is 1.20 bits per heavy atom. The largest absolute Gasteiger partial charge is 0.162 e. The zero-order chi connectivity index (χ0) is 7.40. The first-order valence-corrected chi connectivity index (χ1v) is 5.61. The molecule has 0 aromatic carbocycles. The van der Waals surface area contributed by atoms with E-state index in [9.17, 15) is 0 Å². The van der Waals surface area contributed by atoms with E-state index in [2.05, 4.69) is 25.6 Å². The van der Waals surface area contributed by atoms with Gasteiger partial charge in [-0.3, -0.25) is 0 Å². The molecule has 10 heavy (non-hydrogen) atoms. The van der Waals surface area contributed by atoms with Crippen molar-refractivity contribution in [1.29, 1.82) is 0 Å². The van der Waals surface area contributed by atoms with Crippen molar-refractivity contribution in [2.75, 3.05) is 11.5 Å². The van der Waals surface area contributed by atoms with Crippen molar-refractivity contribution in [3.63, 3.8) is 0 Å². The molecule has 0 aromatic rings. The molecule has 1 aliphatic heterocycles.